The molecule has 1 aromatic rings. The first kappa shape index (κ1) is 12.9. The molecule has 0 spiro atoms. The fourth-order valence-corrected chi connectivity index (χ4v) is 2.56. The number of hydrogen-bond donors (Lipinski definition) is 0. The second-order valence-electron chi connectivity index (χ2n) is 3.64. The molecule has 0 atom stereocenters. The summed E-state index contributed by atoms with van der Waals surface area (Å²) >= 11 is 7.52. The minimum Gasteiger partial charge on any atom is -0.379 e. The van der Waals surface area contributed by atoms with Crippen molar-refractivity contribution in [1.82, 2.24) is 15.0 Å². The third-order valence-corrected chi connectivity index (χ3v) is 3.67. The molecule has 0 bridgehead atoms. The quantitative estimate of drug-likeness (QED) is 0.817. The molecule has 0 radical (unpaired) electrons. The fraction of sp³-hybridized carbons (Fsp3) is 0.700. The summed E-state index contributed by atoms with van der Waals surface area (Å²) in [5.74, 6) is 0.651. The number of aromatic nitrogens is 3. The Hall–Kier alpha value is -0.590. The van der Waals surface area contributed by atoms with Crippen LogP contribution >= 0.6 is 23.4 Å². The molecule has 1 fully saturated rings. The van der Waals surface area contributed by atoms with Crippen LogP contribution in [0.3, 0.4) is 0 Å². The first-order valence-electron chi connectivity index (χ1n) is 5.63. The molecule has 0 aliphatic carbocycles. The zero-order valence-electron chi connectivity index (χ0n) is 9.89. The van der Waals surface area contributed by atoms with Gasteiger partial charge in [0, 0.05) is 13.1 Å². The molecular weight excluding hydrogens is 260 g/mol. The van der Waals surface area contributed by atoms with Crippen LogP contribution in [0.2, 0.25) is 5.28 Å². The lowest BCUT2D eigenvalue weighted by Crippen LogP contribution is -2.30. The molecule has 5 nitrogen and oxygen atoms in total. The molecule has 2 heterocycles. The largest absolute Gasteiger partial charge is 0.379 e. The van der Waals surface area contributed by atoms with Gasteiger partial charge in [0.15, 0.2) is 5.16 Å². The van der Waals surface area contributed by atoms with Gasteiger partial charge in [-0.1, -0.05) is 11.8 Å². The molecule has 0 unspecified atom stereocenters. The summed E-state index contributed by atoms with van der Waals surface area (Å²) in [6.07, 6.45) is 0. The number of ether oxygens (including phenoxy) is 1. The molecule has 0 amide bonds. The van der Waals surface area contributed by atoms with E-state index in [-0.39, 0.29) is 5.28 Å². The Kier molecular flexibility index (Phi) is 4.42. The van der Waals surface area contributed by atoms with Crippen molar-refractivity contribution in [2.75, 3.05) is 31.2 Å². The maximum Gasteiger partial charge on any atom is 0.230 e. The molecule has 17 heavy (non-hydrogen) atoms. The van der Waals surface area contributed by atoms with E-state index in [9.17, 15) is 0 Å². The molecule has 0 saturated carbocycles. The van der Waals surface area contributed by atoms with E-state index in [0.717, 1.165) is 26.3 Å². The van der Waals surface area contributed by atoms with Crippen LogP contribution in [0.15, 0.2) is 5.16 Å². The van der Waals surface area contributed by atoms with Crippen molar-refractivity contribution in [2.45, 2.75) is 24.3 Å². The fourth-order valence-electron chi connectivity index (χ4n) is 1.45. The number of anilines is 1. The lowest BCUT2D eigenvalue weighted by molar-refractivity contribution is 0.0454. The smallest absolute Gasteiger partial charge is 0.230 e. The minimum absolute atomic E-state index is 0.254. The molecule has 1 saturated heterocycles. The molecule has 1 aromatic heterocycles. The average molecular weight is 275 g/mol. The van der Waals surface area contributed by atoms with Crippen molar-refractivity contribution >= 4 is 29.3 Å². The molecule has 0 aromatic carbocycles. The second-order valence-corrected chi connectivity index (χ2v) is 5.24. The third-order valence-electron chi connectivity index (χ3n) is 2.50. The monoisotopic (exact) mass is 274 g/mol. The Morgan fingerprint density at radius 1 is 1.29 bits per heavy atom. The van der Waals surface area contributed by atoms with Crippen LogP contribution < -0.4 is 4.90 Å². The highest BCUT2D eigenvalue weighted by atomic mass is 35.5. The van der Waals surface area contributed by atoms with Crippen molar-refractivity contribution in [2.24, 2.45) is 0 Å². The van der Waals surface area contributed by atoms with E-state index in [1.807, 2.05) is 0 Å². The van der Waals surface area contributed by atoms with Gasteiger partial charge >= 0.3 is 0 Å². The molecule has 2 rings (SSSR count). The van der Waals surface area contributed by atoms with Gasteiger partial charge in [0.2, 0.25) is 11.2 Å². The Balaban J connectivity index is 2.15. The van der Waals surface area contributed by atoms with Crippen LogP contribution in [0.1, 0.15) is 13.8 Å². The van der Waals surface area contributed by atoms with Crippen molar-refractivity contribution < 1.29 is 4.74 Å². The van der Waals surface area contributed by atoms with E-state index in [0.29, 0.717) is 16.4 Å². The Labute approximate surface area is 110 Å². The van der Waals surface area contributed by atoms with Crippen LogP contribution in [0.4, 0.5) is 5.95 Å². The van der Waals surface area contributed by atoms with Gasteiger partial charge in [0.1, 0.15) is 0 Å². The molecular formula is C10H15ClN4OS. The first-order valence-corrected chi connectivity index (χ1v) is 6.89. The van der Waals surface area contributed by atoms with Gasteiger partial charge in [-0.3, -0.25) is 0 Å². The normalized spacial score (nSPS) is 15.7. The second kappa shape index (κ2) is 5.84. The summed E-state index contributed by atoms with van der Waals surface area (Å²) in [6, 6.07) is 0. The summed E-state index contributed by atoms with van der Waals surface area (Å²) in [7, 11) is 0. The first-order chi connectivity index (χ1) is 8.22. The van der Waals surface area contributed by atoms with E-state index >= 15 is 0 Å². The lowest BCUT2D eigenvalue weighted by Gasteiger charge is -2.25. The molecule has 7 heteroatoms. The van der Waals surface area contributed by atoms with Gasteiger partial charge in [-0.25, -0.2) is 0 Å². The van der Waals surface area contributed by atoms with E-state index in [1.54, 1.807) is 11.8 Å². The van der Waals surface area contributed by atoms with E-state index in [1.165, 1.54) is 0 Å². The number of hydrogen-bond acceptors (Lipinski definition) is 6. The summed E-state index contributed by atoms with van der Waals surface area (Å²) < 4.78 is 5.12. The highest BCUT2D eigenvalue weighted by Crippen LogP contribution is 2.26. The zero-order chi connectivity index (χ0) is 12.3. The Morgan fingerprint density at radius 2 is 2.00 bits per heavy atom. The molecule has 1 aliphatic heterocycles. The van der Waals surface area contributed by atoms with Crippen LogP contribution in [0, 0.1) is 0 Å². The van der Waals surface area contributed by atoms with Gasteiger partial charge in [0.05, 0.1) is 18.5 Å². The summed E-state index contributed by atoms with van der Waals surface area (Å²) in [5.41, 5.74) is 0. The predicted octanol–water partition coefficient (Wildman–Crippen LogP) is 1.86. The highest BCUT2D eigenvalue weighted by molar-refractivity contribution is 7.99. The predicted molar refractivity (Wildman–Crippen MR) is 68.9 cm³/mol. The van der Waals surface area contributed by atoms with Gasteiger partial charge in [-0.05, 0) is 25.4 Å². The Morgan fingerprint density at radius 3 is 2.53 bits per heavy atom. The number of halogens is 1. The minimum atomic E-state index is 0.254. The van der Waals surface area contributed by atoms with E-state index in [4.69, 9.17) is 16.3 Å². The molecule has 0 N–H and O–H groups in total. The maximum atomic E-state index is 5.92. The SMILES string of the molecule is CCN(CC)c1nc(Cl)nc(SC2COC2)n1. The standard InChI is InChI=1S/C10H15ClN4OS/c1-3-15(4-2)9-12-8(11)13-10(14-9)17-7-5-16-6-7/h7H,3-6H2,1-2H3. The Bertz CT molecular complexity index is 385. The topological polar surface area (TPSA) is 51.1 Å². The van der Waals surface area contributed by atoms with Gasteiger partial charge in [-0.15, -0.1) is 0 Å². The third kappa shape index (κ3) is 3.20. The summed E-state index contributed by atoms with van der Waals surface area (Å²) in [6.45, 7) is 7.35. The number of thioether (sulfide) groups is 1. The van der Waals surface area contributed by atoms with Crippen LogP contribution in [-0.4, -0.2) is 46.5 Å². The molecule has 94 valence electrons. The van der Waals surface area contributed by atoms with Crippen LogP contribution in [0.25, 0.3) is 0 Å². The lowest BCUT2D eigenvalue weighted by atomic mass is 10.4. The van der Waals surface area contributed by atoms with Gasteiger partial charge in [-0.2, -0.15) is 15.0 Å². The maximum absolute atomic E-state index is 5.92. The number of nitrogens with zero attached hydrogens (tertiary/aromatic N) is 4. The molecule has 1 aliphatic rings. The van der Waals surface area contributed by atoms with Crippen molar-refractivity contribution in [1.29, 1.82) is 0 Å². The van der Waals surface area contributed by atoms with Crippen LogP contribution in [-0.2, 0) is 4.74 Å². The van der Waals surface area contributed by atoms with Gasteiger partial charge in [0.25, 0.3) is 0 Å². The van der Waals surface area contributed by atoms with Crippen molar-refractivity contribution in [3.05, 3.63) is 5.28 Å². The highest BCUT2D eigenvalue weighted by Gasteiger charge is 2.22. The van der Waals surface area contributed by atoms with Crippen molar-refractivity contribution in [3.8, 4) is 0 Å². The zero-order valence-corrected chi connectivity index (χ0v) is 11.5. The van der Waals surface area contributed by atoms with Crippen molar-refractivity contribution in [3.63, 3.8) is 0 Å². The van der Waals surface area contributed by atoms with Gasteiger partial charge < -0.3 is 9.64 Å². The summed E-state index contributed by atoms with van der Waals surface area (Å²) in [4.78, 5) is 14.8. The van der Waals surface area contributed by atoms with E-state index in [2.05, 4.69) is 33.7 Å². The average Bonchev–Trinajstić information content (AvgIpc) is 2.25. The number of rotatable bonds is 5. The summed E-state index contributed by atoms with van der Waals surface area (Å²) in [5, 5.41) is 1.38. The van der Waals surface area contributed by atoms with Crippen LogP contribution in [0.5, 0.6) is 0 Å². The van der Waals surface area contributed by atoms with E-state index < -0.39 is 0 Å².